The molecule has 0 aromatic heterocycles. The minimum atomic E-state index is 0. The van der Waals surface area contributed by atoms with Crippen molar-refractivity contribution in [3.63, 3.8) is 0 Å². The summed E-state index contributed by atoms with van der Waals surface area (Å²) in [5.41, 5.74) is 0. The Balaban J connectivity index is -0.000000393. The van der Waals surface area contributed by atoms with Crippen molar-refractivity contribution in [1.82, 2.24) is 0 Å². The molecule has 39 heavy (non-hydrogen) atoms. The van der Waals surface area contributed by atoms with Crippen molar-refractivity contribution in [1.29, 1.82) is 0 Å². The third-order valence-electron chi connectivity index (χ3n) is 3.64. The second-order valence-electron chi connectivity index (χ2n) is 6.46. The van der Waals surface area contributed by atoms with E-state index in [1.807, 2.05) is 182 Å². The van der Waals surface area contributed by atoms with E-state index in [1.165, 1.54) is 0 Å². The Hall–Kier alpha value is -2.73. The average molecular weight is 734 g/mol. The van der Waals surface area contributed by atoms with Crippen LogP contribution in [-0.4, -0.2) is 47.8 Å². The van der Waals surface area contributed by atoms with E-state index in [9.17, 15) is 0 Å². The molecule has 0 bridgehead atoms. The van der Waals surface area contributed by atoms with E-state index in [0.29, 0.717) is 0 Å². The molecule has 6 aromatic rings. The molecule has 6 rings (SSSR count). The van der Waals surface area contributed by atoms with Gasteiger partial charge in [-0.05, 0) is 36.4 Å². The Morgan fingerprint density at radius 1 is 0.179 bits per heavy atom. The molecule has 0 nitrogen and oxygen atoms in total. The van der Waals surface area contributed by atoms with Crippen LogP contribution in [-0.2, 0) is 0 Å². The number of benzene rings is 6. The molecule has 0 aliphatic rings. The maximum Gasteiger partial charge on any atom is 0 e. The van der Waals surface area contributed by atoms with Gasteiger partial charge in [-0.1, -0.05) is 182 Å². The zero-order valence-electron chi connectivity index (χ0n) is 21.8. The molecular weight excluding hydrogens is 702 g/mol. The Bertz CT molecular complexity index is 694. The maximum atomic E-state index is 2.89. The van der Waals surface area contributed by atoms with E-state index in [4.69, 9.17) is 0 Å². The van der Waals surface area contributed by atoms with Crippen molar-refractivity contribution in [2.24, 2.45) is 0 Å². The van der Waals surface area contributed by atoms with Gasteiger partial charge in [-0.2, -0.15) is 13.5 Å². The first-order valence-electron chi connectivity index (χ1n) is 11.5. The van der Waals surface area contributed by atoms with Crippen molar-refractivity contribution >= 4 is 61.3 Å². The molecule has 0 heterocycles. The molecule has 0 saturated carbocycles. The summed E-state index contributed by atoms with van der Waals surface area (Å²) in [6, 6.07) is 75.0. The molecule has 3 heteroatoms. The first-order valence-corrected chi connectivity index (χ1v) is 11.5. The van der Waals surface area contributed by atoms with Gasteiger partial charge in [0.05, 0.1) is 0 Å². The van der Waals surface area contributed by atoms with Gasteiger partial charge < -0.3 is 0 Å². The van der Waals surface area contributed by atoms with E-state index < -0.39 is 0 Å². The fourth-order valence-corrected chi connectivity index (χ4v) is 2.05. The minimum Gasteiger partial charge on any atom is -0.197 e. The molecule has 0 amide bonds. The van der Waals surface area contributed by atoms with Crippen LogP contribution in [0.3, 0.4) is 0 Å². The molecule has 0 unspecified atom stereocenters. The predicted molar refractivity (Wildman–Crippen MR) is 174 cm³/mol. The quantitative estimate of drug-likeness (QED) is 0.138. The normalized spacial score (nSPS) is 7.38. The van der Waals surface area contributed by atoms with Gasteiger partial charge in [0.25, 0.3) is 0 Å². The molecule has 0 spiro atoms. The van der Waals surface area contributed by atoms with E-state index in [0.717, 1.165) is 0 Å². The van der Waals surface area contributed by atoms with Crippen molar-refractivity contribution in [3.05, 3.63) is 218 Å². The summed E-state index contributed by atoms with van der Waals surface area (Å²) in [5, 5.41) is 0. The van der Waals surface area contributed by atoms with Gasteiger partial charge in [0.15, 0.2) is 0 Å². The van der Waals surface area contributed by atoms with Gasteiger partial charge in [-0.15, -0.1) is 0 Å². The molecule has 0 aliphatic heterocycles. The van der Waals surface area contributed by atoms with Gasteiger partial charge in [-0.25, -0.2) is 0 Å². The molecule has 14 radical (unpaired) electrons. The minimum absolute atomic E-state index is 0. The van der Waals surface area contributed by atoms with Gasteiger partial charge in [0.1, 0.15) is 0 Å². The molecular formula is C36H32SSn2. The largest absolute Gasteiger partial charge is 0.197 e. The van der Waals surface area contributed by atoms with Crippen LogP contribution in [0, 0.1) is 36.4 Å². The van der Waals surface area contributed by atoms with Gasteiger partial charge in [-0.3, -0.25) is 0 Å². The molecule has 190 valence electrons. The topological polar surface area (TPSA) is 0 Å². The van der Waals surface area contributed by atoms with Crippen molar-refractivity contribution in [2.45, 2.75) is 0 Å². The summed E-state index contributed by atoms with van der Waals surface area (Å²) < 4.78 is 0. The smallest absolute Gasteiger partial charge is 0 e. The first kappa shape index (κ1) is 40.8. The molecule has 0 aliphatic carbocycles. The molecule has 0 saturated heterocycles. The molecule has 0 fully saturated rings. The third-order valence-corrected chi connectivity index (χ3v) is 3.64. The molecule has 0 N–H and O–H groups in total. The fraction of sp³-hybridized carbons (Fsp3) is 0. The van der Waals surface area contributed by atoms with Gasteiger partial charge in [0, 0.05) is 47.8 Å². The van der Waals surface area contributed by atoms with Crippen LogP contribution >= 0.6 is 13.5 Å². The summed E-state index contributed by atoms with van der Waals surface area (Å²) in [6.45, 7) is 0. The Labute approximate surface area is 277 Å². The van der Waals surface area contributed by atoms with Crippen molar-refractivity contribution < 1.29 is 0 Å². The number of rotatable bonds is 0. The van der Waals surface area contributed by atoms with E-state index in [-0.39, 0.29) is 61.3 Å². The average Bonchev–Trinajstić information content (AvgIpc) is 3.04. The molecule has 6 aromatic carbocycles. The maximum absolute atomic E-state index is 2.89. The van der Waals surface area contributed by atoms with Crippen LogP contribution in [0.25, 0.3) is 0 Å². The first-order chi connectivity index (χ1) is 18.0. The monoisotopic (exact) mass is 736 g/mol. The summed E-state index contributed by atoms with van der Waals surface area (Å²) in [6.07, 6.45) is 0. The summed E-state index contributed by atoms with van der Waals surface area (Å²) in [7, 11) is 0. The zero-order valence-corrected chi connectivity index (χ0v) is 28.5. The molecule has 0 atom stereocenters. The Kier molecular flexibility index (Phi) is 39.1. The predicted octanol–water partition coefficient (Wildman–Crippen LogP) is 8.27. The second kappa shape index (κ2) is 37.4. The van der Waals surface area contributed by atoms with E-state index >= 15 is 0 Å². The van der Waals surface area contributed by atoms with Crippen LogP contribution in [0.5, 0.6) is 0 Å². The van der Waals surface area contributed by atoms with Crippen LogP contribution < -0.4 is 0 Å². The fourth-order valence-electron chi connectivity index (χ4n) is 2.05. The SMILES string of the molecule is S.[Sn].[Sn].[c]1ccccc1.[c]1ccccc1.[c]1ccccc1.[c]1ccccc1.[c]1ccccc1.[c]1ccccc1. The zero-order chi connectivity index (χ0) is 25.5. The Morgan fingerprint density at radius 3 is 0.308 bits per heavy atom. The van der Waals surface area contributed by atoms with Crippen molar-refractivity contribution in [2.75, 3.05) is 0 Å². The summed E-state index contributed by atoms with van der Waals surface area (Å²) in [4.78, 5) is 0. The van der Waals surface area contributed by atoms with Crippen molar-refractivity contribution in [3.8, 4) is 0 Å². The number of hydrogen-bond donors (Lipinski definition) is 0. The second-order valence-corrected chi connectivity index (χ2v) is 6.46. The van der Waals surface area contributed by atoms with Gasteiger partial charge in [0.2, 0.25) is 0 Å². The van der Waals surface area contributed by atoms with E-state index in [1.54, 1.807) is 0 Å². The summed E-state index contributed by atoms with van der Waals surface area (Å²) >= 11 is 0. The Morgan fingerprint density at radius 2 is 0.282 bits per heavy atom. The van der Waals surface area contributed by atoms with E-state index in [2.05, 4.69) is 36.4 Å². The van der Waals surface area contributed by atoms with Crippen LogP contribution in [0.4, 0.5) is 0 Å². The van der Waals surface area contributed by atoms with Crippen LogP contribution in [0.1, 0.15) is 0 Å². The third kappa shape index (κ3) is 35.3. The standard InChI is InChI=1S/6C6H5.H2S.2Sn/c6*1-2-4-6-5-3-1;;;/h6*1-5H;1H2;;. The van der Waals surface area contributed by atoms with Crippen LogP contribution in [0.2, 0.25) is 0 Å². The summed E-state index contributed by atoms with van der Waals surface area (Å²) in [5.74, 6) is 0. The van der Waals surface area contributed by atoms with Crippen LogP contribution in [0.15, 0.2) is 182 Å². The van der Waals surface area contributed by atoms with Gasteiger partial charge >= 0.3 is 0 Å². The number of hydrogen-bond acceptors (Lipinski definition) is 0.